The Balaban J connectivity index is 1.77. The third kappa shape index (κ3) is 2.97. The van der Waals surface area contributed by atoms with Crippen LogP contribution >= 0.6 is 22.6 Å². The number of rotatable bonds is 2. The van der Waals surface area contributed by atoms with Crippen molar-refractivity contribution in [3.05, 3.63) is 27.8 Å². The molecule has 1 aromatic rings. The summed E-state index contributed by atoms with van der Waals surface area (Å²) in [6.45, 7) is 1.34. The molecule has 0 saturated carbocycles. The van der Waals surface area contributed by atoms with E-state index in [0.29, 0.717) is 31.6 Å². The van der Waals surface area contributed by atoms with Crippen molar-refractivity contribution in [2.24, 2.45) is 0 Å². The maximum Gasteiger partial charge on any atom is 0.251 e. The predicted molar refractivity (Wildman–Crippen MR) is 86.9 cm³/mol. The number of imide groups is 1. The second-order valence-electron chi connectivity index (χ2n) is 5.53. The molecule has 0 bridgehead atoms. The Labute approximate surface area is 137 Å². The van der Waals surface area contributed by atoms with E-state index >= 15 is 0 Å². The number of nitrogens with zero attached hydrogens (tertiary/aromatic N) is 2. The summed E-state index contributed by atoms with van der Waals surface area (Å²) in [5.74, 6) is -0.282. The fraction of sp³-hybridized carbons (Fsp3) is 0.467. The van der Waals surface area contributed by atoms with Crippen LogP contribution in [0.2, 0.25) is 0 Å². The molecule has 112 valence electrons. The SMILES string of the molecule is O=C1C[C@@H](N2CCC(O)CC2)C(=O)N1c1ccc(I)cc1. The molecule has 2 aliphatic rings. The molecule has 3 rings (SSSR count). The van der Waals surface area contributed by atoms with Gasteiger partial charge in [0.05, 0.1) is 24.3 Å². The number of piperidine rings is 1. The molecule has 1 atom stereocenters. The molecule has 21 heavy (non-hydrogen) atoms. The molecule has 0 radical (unpaired) electrons. The van der Waals surface area contributed by atoms with Crippen LogP contribution in [0.5, 0.6) is 0 Å². The molecule has 1 aromatic carbocycles. The largest absolute Gasteiger partial charge is 0.393 e. The fourth-order valence-corrected chi connectivity index (χ4v) is 3.32. The zero-order valence-electron chi connectivity index (χ0n) is 11.5. The lowest BCUT2D eigenvalue weighted by Crippen LogP contribution is -2.46. The molecule has 1 N–H and O–H groups in total. The Morgan fingerprint density at radius 1 is 1.10 bits per heavy atom. The number of aliphatic hydroxyl groups is 1. The van der Waals surface area contributed by atoms with Crippen LogP contribution in [0.25, 0.3) is 0 Å². The number of aliphatic hydroxyl groups excluding tert-OH is 1. The molecule has 2 saturated heterocycles. The Bertz CT molecular complexity index is 553. The molecule has 0 unspecified atom stereocenters. The van der Waals surface area contributed by atoms with E-state index in [1.54, 1.807) is 12.1 Å². The van der Waals surface area contributed by atoms with Crippen molar-refractivity contribution in [3.8, 4) is 0 Å². The van der Waals surface area contributed by atoms with Crippen molar-refractivity contribution in [1.29, 1.82) is 0 Å². The Kier molecular flexibility index (Phi) is 4.28. The molecule has 2 fully saturated rings. The summed E-state index contributed by atoms with van der Waals surface area (Å²) in [5, 5.41) is 9.55. The first kappa shape index (κ1) is 14.9. The van der Waals surface area contributed by atoms with Gasteiger partial charge in [0.25, 0.3) is 5.91 Å². The molecular weight excluding hydrogens is 383 g/mol. The topological polar surface area (TPSA) is 60.9 Å². The highest BCUT2D eigenvalue weighted by molar-refractivity contribution is 14.1. The summed E-state index contributed by atoms with van der Waals surface area (Å²) < 4.78 is 1.07. The maximum atomic E-state index is 12.6. The zero-order valence-corrected chi connectivity index (χ0v) is 13.7. The number of likely N-dealkylation sites (tertiary alicyclic amines) is 1. The molecule has 0 aliphatic carbocycles. The van der Waals surface area contributed by atoms with Crippen LogP contribution in [0.4, 0.5) is 5.69 Å². The average molecular weight is 400 g/mol. The van der Waals surface area contributed by atoms with Crippen molar-refractivity contribution < 1.29 is 14.7 Å². The van der Waals surface area contributed by atoms with Gasteiger partial charge in [-0.25, -0.2) is 4.90 Å². The molecule has 2 aliphatic heterocycles. The van der Waals surface area contributed by atoms with Crippen LogP contribution in [0.15, 0.2) is 24.3 Å². The van der Waals surface area contributed by atoms with Gasteiger partial charge >= 0.3 is 0 Å². The molecule has 5 nitrogen and oxygen atoms in total. The lowest BCUT2D eigenvalue weighted by atomic mass is 10.1. The van der Waals surface area contributed by atoms with E-state index in [2.05, 4.69) is 22.6 Å². The molecule has 2 amide bonds. The van der Waals surface area contributed by atoms with Gasteiger partial charge in [-0.05, 0) is 59.7 Å². The average Bonchev–Trinajstić information content (AvgIpc) is 2.76. The first-order valence-corrected chi connectivity index (χ1v) is 8.18. The molecule has 6 heteroatoms. The van der Waals surface area contributed by atoms with E-state index in [9.17, 15) is 14.7 Å². The number of carbonyl (C=O) groups is 2. The smallest absolute Gasteiger partial charge is 0.251 e. The van der Waals surface area contributed by atoms with Crippen LogP contribution in [0, 0.1) is 3.57 Å². The van der Waals surface area contributed by atoms with E-state index in [1.807, 2.05) is 17.0 Å². The number of hydrogen-bond acceptors (Lipinski definition) is 4. The second-order valence-corrected chi connectivity index (χ2v) is 6.78. The highest BCUT2D eigenvalue weighted by Gasteiger charge is 2.43. The quantitative estimate of drug-likeness (QED) is 0.602. The standard InChI is InChI=1S/C15H17IN2O3/c16-10-1-3-11(4-2-10)18-14(20)9-13(15(18)21)17-7-5-12(19)6-8-17/h1-4,12-13,19H,5-9H2/t13-/m1/s1. The summed E-state index contributed by atoms with van der Waals surface area (Å²) in [6, 6.07) is 7.02. The van der Waals surface area contributed by atoms with Gasteiger partial charge in [-0.1, -0.05) is 0 Å². The van der Waals surface area contributed by atoms with E-state index in [-0.39, 0.29) is 30.4 Å². The summed E-state index contributed by atoms with van der Waals surface area (Å²) in [4.78, 5) is 28.1. The van der Waals surface area contributed by atoms with Crippen molar-refractivity contribution >= 4 is 40.1 Å². The summed E-state index contributed by atoms with van der Waals surface area (Å²) in [5.41, 5.74) is 0.643. The summed E-state index contributed by atoms with van der Waals surface area (Å²) in [6.07, 6.45) is 1.30. The number of anilines is 1. The van der Waals surface area contributed by atoms with Gasteiger partial charge in [0.15, 0.2) is 0 Å². The van der Waals surface area contributed by atoms with Gasteiger partial charge in [0.2, 0.25) is 5.91 Å². The lowest BCUT2D eigenvalue weighted by Gasteiger charge is -2.32. The highest BCUT2D eigenvalue weighted by Crippen LogP contribution is 2.27. The van der Waals surface area contributed by atoms with Crippen LogP contribution in [0.3, 0.4) is 0 Å². The van der Waals surface area contributed by atoms with Crippen LogP contribution < -0.4 is 4.90 Å². The minimum absolute atomic E-state index is 0.141. The van der Waals surface area contributed by atoms with Crippen molar-refractivity contribution in [3.63, 3.8) is 0 Å². The van der Waals surface area contributed by atoms with Crippen LogP contribution in [-0.4, -0.2) is 47.1 Å². The summed E-state index contributed by atoms with van der Waals surface area (Å²) in [7, 11) is 0. The van der Waals surface area contributed by atoms with Gasteiger partial charge in [-0.3, -0.25) is 14.5 Å². The van der Waals surface area contributed by atoms with Crippen LogP contribution in [-0.2, 0) is 9.59 Å². The van der Waals surface area contributed by atoms with Crippen molar-refractivity contribution in [2.45, 2.75) is 31.4 Å². The predicted octanol–water partition coefficient (Wildman–Crippen LogP) is 1.38. The van der Waals surface area contributed by atoms with Crippen LogP contribution in [0.1, 0.15) is 19.3 Å². The van der Waals surface area contributed by atoms with Gasteiger partial charge in [0.1, 0.15) is 0 Å². The van der Waals surface area contributed by atoms with E-state index < -0.39 is 0 Å². The van der Waals surface area contributed by atoms with Crippen molar-refractivity contribution in [1.82, 2.24) is 4.90 Å². The minimum atomic E-state index is -0.371. The molecule has 2 heterocycles. The number of carbonyl (C=O) groups excluding carboxylic acids is 2. The summed E-state index contributed by atoms with van der Waals surface area (Å²) >= 11 is 2.19. The fourth-order valence-electron chi connectivity index (χ4n) is 2.96. The highest BCUT2D eigenvalue weighted by atomic mass is 127. The third-order valence-corrected chi connectivity index (χ3v) is 4.87. The van der Waals surface area contributed by atoms with E-state index in [4.69, 9.17) is 0 Å². The Hall–Kier alpha value is -0.990. The molecular formula is C15H17IN2O3. The first-order valence-electron chi connectivity index (χ1n) is 7.11. The van der Waals surface area contributed by atoms with E-state index in [0.717, 1.165) is 3.57 Å². The van der Waals surface area contributed by atoms with Crippen molar-refractivity contribution in [2.75, 3.05) is 18.0 Å². The van der Waals surface area contributed by atoms with Gasteiger partial charge in [-0.15, -0.1) is 0 Å². The van der Waals surface area contributed by atoms with Gasteiger partial charge in [-0.2, -0.15) is 0 Å². The van der Waals surface area contributed by atoms with Gasteiger partial charge < -0.3 is 5.11 Å². The number of hydrogen-bond donors (Lipinski definition) is 1. The first-order chi connectivity index (χ1) is 10.1. The van der Waals surface area contributed by atoms with Gasteiger partial charge in [0, 0.05) is 16.7 Å². The number of amides is 2. The number of benzene rings is 1. The maximum absolute atomic E-state index is 12.6. The zero-order chi connectivity index (χ0) is 15.0. The second kappa shape index (κ2) is 6.02. The normalized spacial score (nSPS) is 24.9. The number of halogens is 1. The Morgan fingerprint density at radius 3 is 2.33 bits per heavy atom. The third-order valence-electron chi connectivity index (χ3n) is 4.15. The monoisotopic (exact) mass is 400 g/mol. The minimum Gasteiger partial charge on any atom is -0.393 e. The molecule has 0 aromatic heterocycles. The van der Waals surface area contributed by atoms with E-state index in [1.165, 1.54) is 4.90 Å². The molecule has 0 spiro atoms. The lowest BCUT2D eigenvalue weighted by molar-refractivity contribution is -0.123. The Morgan fingerprint density at radius 2 is 1.71 bits per heavy atom.